The summed E-state index contributed by atoms with van der Waals surface area (Å²) in [5.41, 5.74) is 0. The lowest BCUT2D eigenvalue weighted by molar-refractivity contribution is 0.130. The van der Waals surface area contributed by atoms with Gasteiger partial charge in [-0.25, -0.2) is 8.42 Å². The van der Waals surface area contributed by atoms with E-state index in [1.54, 1.807) is 0 Å². The Hall–Kier alpha value is -0.590. The molecule has 1 N–H and O–H groups in total. The zero-order valence-corrected chi connectivity index (χ0v) is 9.45. The van der Waals surface area contributed by atoms with Crippen molar-refractivity contribution in [3.8, 4) is 0 Å². The molecular formula is C8H11ClN2O3S. The van der Waals surface area contributed by atoms with Crippen LogP contribution in [0.4, 0.5) is 0 Å². The number of aliphatic hydroxyl groups is 1. The summed E-state index contributed by atoms with van der Waals surface area (Å²) in [5, 5.41) is 13.5. The summed E-state index contributed by atoms with van der Waals surface area (Å²) in [6.45, 7) is 0. The number of aromatic nitrogens is 2. The van der Waals surface area contributed by atoms with Crippen molar-refractivity contribution in [1.82, 2.24) is 9.78 Å². The summed E-state index contributed by atoms with van der Waals surface area (Å²) in [7, 11) is 1.45. The fourth-order valence-electron chi connectivity index (χ4n) is 1.86. The third-order valence-corrected chi connectivity index (χ3v) is 3.95. The van der Waals surface area contributed by atoms with Crippen LogP contribution in [0.3, 0.4) is 0 Å². The first kappa shape index (κ1) is 10.9. The highest BCUT2D eigenvalue weighted by atomic mass is 35.7. The summed E-state index contributed by atoms with van der Waals surface area (Å²) < 4.78 is 23.5. The number of rotatable bonds is 2. The van der Waals surface area contributed by atoms with E-state index in [1.165, 1.54) is 17.1 Å². The van der Waals surface area contributed by atoms with Gasteiger partial charge in [0.05, 0.1) is 18.3 Å². The molecule has 0 aromatic carbocycles. The van der Waals surface area contributed by atoms with Crippen LogP contribution in [0, 0.1) is 0 Å². The van der Waals surface area contributed by atoms with E-state index in [1.807, 2.05) is 0 Å². The van der Waals surface area contributed by atoms with Crippen molar-refractivity contribution in [3.05, 3.63) is 12.4 Å². The summed E-state index contributed by atoms with van der Waals surface area (Å²) in [4.78, 5) is -0.0248. The molecule has 1 fully saturated rings. The van der Waals surface area contributed by atoms with Crippen LogP contribution in [0.25, 0.3) is 0 Å². The van der Waals surface area contributed by atoms with E-state index in [0.29, 0.717) is 0 Å². The number of aliphatic hydroxyl groups excluding tert-OH is 1. The Morgan fingerprint density at radius 3 is 2.73 bits per heavy atom. The van der Waals surface area contributed by atoms with Gasteiger partial charge in [-0.3, -0.25) is 4.68 Å². The first-order valence-electron chi connectivity index (χ1n) is 4.65. The monoisotopic (exact) mass is 250 g/mol. The molecule has 7 heteroatoms. The third kappa shape index (κ3) is 2.16. The van der Waals surface area contributed by atoms with Gasteiger partial charge in [0, 0.05) is 16.9 Å². The second-order valence-electron chi connectivity index (χ2n) is 3.66. The lowest BCUT2D eigenvalue weighted by Gasteiger charge is -2.14. The molecule has 1 aromatic heterocycles. The van der Waals surface area contributed by atoms with E-state index in [2.05, 4.69) is 5.10 Å². The Morgan fingerprint density at radius 1 is 1.53 bits per heavy atom. The normalized spacial score (nSPS) is 27.1. The Labute approximate surface area is 92.1 Å². The SMILES string of the molecule is O=S(=O)(Cl)c1cnn(C2CCCC2O)c1. The van der Waals surface area contributed by atoms with Crippen LogP contribution in [0.1, 0.15) is 25.3 Å². The molecule has 2 rings (SSSR count). The van der Waals surface area contributed by atoms with E-state index < -0.39 is 15.2 Å². The first-order valence-corrected chi connectivity index (χ1v) is 6.96. The molecule has 2 unspecified atom stereocenters. The molecule has 1 heterocycles. The molecule has 0 bridgehead atoms. The lowest BCUT2D eigenvalue weighted by Crippen LogP contribution is -2.18. The van der Waals surface area contributed by atoms with Crippen molar-refractivity contribution in [2.75, 3.05) is 0 Å². The Balaban J connectivity index is 2.28. The van der Waals surface area contributed by atoms with Crippen LogP contribution >= 0.6 is 10.7 Å². The minimum Gasteiger partial charge on any atom is -0.391 e. The number of halogens is 1. The number of hydrogen-bond donors (Lipinski definition) is 1. The predicted molar refractivity (Wildman–Crippen MR) is 54.2 cm³/mol. The maximum atomic E-state index is 11.0. The number of hydrogen-bond acceptors (Lipinski definition) is 4. The van der Waals surface area contributed by atoms with Gasteiger partial charge in [-0.05, 0) is 19.3 Å². The molecule has 1 aromatic rings. The van der Waals surface area contributed by atoms with Gasteiger partial charge in [-0.15, -0.1) is 0 Å². The maximum Gasteiger partial charge on any atom is 0.264 e. The van der Waals surface area contributed by atoms with Crippen LogP contribution in [-0.4, -0.2) is 29.4 Å². The second kappa shape index (κ2) is 3.77. The fourth-order valence-corrected chi connectivity index (χ4v) is 2.50. The zero-order chi connectivity index (χ0) is 11.1. The molecule has 84 valence electrons. The smallest absolute Gasteiger partial charge is 0.264 e. The fraction of sp³-hybridized carbons (Fsp3) is 0.625. The lowest BCUT2D eigenvalue weighted by atomic mass is 10.2. The van der Waals surface area contributed by atoms with Gasteiger partial charge in [0.1, 0.15) is 4.90 Å². The topological polar surface area (TPSA) is 72.2 Å². The Kier molecular flexibility index (Phi) is 2.74. The van der Waals surface area contributed by atoms with Crippen LogP contribution in [0.5, 0.6) is 0 Å². The summed E-state index contributed by atoms with van der Waals surface area (Å²) in [6, 6.07) is -0.128. The second-order valence-corrected chi connectivity index (χ2v) is 6.23. The van der Waals surface area contributed by atoms with Crippen molar-refractivity contribution in [1.29, 1.82) is 0 Å². The van der Waals surface area contributed by atoms with E-state index in [-0.39, 0.29) is 10.9 Å². The Morgan fingerprint density at radius 2 is 2.27 bits per heavy atom. The number of nitrogens with zero attached hydrogens (tertiary/aromatic N) is 2. The summed E-state index contributed by atoms with van der Waals surface area (Å²) in [6.07, 6.45) is 4.58. The van der Waals surface area contributed by atoms with Crippen molar-refractivity contribution in [3.63, 3.8) is 0 Å². The molecular weight excluding hydrogens is 240 g/mol. The van der Waals surface area contributed by atoms with E-state index in [4.69, 9.17) is 10.7 Å². The molecule has 0 amide bonds. The van der Waals surface area contributed by atoms with E-state index >= 15 is 0 Å². The highest BCUT2D eigenvalue weighted by Gasteiger charge is 2.28. The van der Waals surface area contributed by atoms with Crippen molar-refractivity contribution < 1.29 is 13.5 Å². The molecule has 1 aliphatic carbocycles. The van der Waals surface area contributed by atoms with Crippen molar-refractivity contribution in [2.45, 2.75) is 36.3 Å². The standard InChI is InChI=1S/C8H11ClN2O3S/c9-15(13,14)6-4-10-11(5-6)7-2-1-3-8(7)12/h4-5,7-8,12H,1-3H2. The molecule has 0 spiro atoms. The molecule has 0 aliphatic heterocycles. The molecule has 0 saturated heterocycles. The van der Waals surface area contributed by atoms with Crippen molar-refractivity contribution >= 4 is 19.7 Å². The third-order valence-electron chi connectivity index (χ3n) is 2.64. The quantitative estimate of drug-likeness (QED) is 0.792. The van der Waals surface area contributed by atoms with Crippen LogP contribution in [-0.2, 0) is 9.05 Å². The highest BCUT2D eigenvalue weighted by Crippen LogP contribution is 2.30. The summed E-state index contributed by atoms with van der Waals surface area (Å²) in [5.74, 6) is 0. The minimum atomic E-state index is -3.72. The summed E-state index contributed by atoms with van der Waals surface area (Å²) >= 11 is 0. The first-order chi connectivity index (χ1) is 6.98. The zero-order valence-electron chi connectivity index (χ0n) is 7.88. The van der Waals surface area contributed by atoms with Gasteiger partial charge in [-0.2, -0.15) is 5.10 Å². The van der Waals surface area contributed by atoms with Crippen LogP contribution in [0.15, 0.2) is 17.3 Å². The highest BCUT2D eigenvalue weighted by molar-refractivity contribution is 8.13. The van der Waals surface area contributed by atoms with Crippen molar-refractivity contribution in [2.24, 2.45) is 0 Å². The molecule has 0 radical (unpaired) electrons. The predicted octanol–water partition coefficient (Wildman–Crippen LogP) is 0.896. The van der Waals surface area contributed by atoms with Gasteiger partial charge < -0.3 is 5.11 Å². The van der Waals surface area contributed by atoms with Gasteiger partial charge in [0.2, 0.25) is 0 Å². The largest absolute Gasteiger partial charge is 0.391 e. The van der Waals surface area contributed by atoms with Gasteiger partial charge in [0.15, 0.2) is 0 Å². The average molecular weight is 251 g/mol. The maximum absolute atomic E-state index is 11.0. The molecule has 2 atom stereocenters. The van der Waals surface area contributed by atoms with E-state index in [0.717, 1.165) is 19.3 Å². The molecule has 1 aliphatic rings. The van der Waals surface area contributed by atoms with Gasteiger partial charge in [0.25, 0.3) is 9.05 Å². The Bertz CT molecular complexity index is 456. The average Bonchev–Trinajstić information content (AvgIpc) is 2.69. The van der Waals surface area contributed by atoms with E-state index in [9.17, 15) is 13.5 Å². The van der Waals surface area contributed by atoms with Crippen LogP contribution < -0.4 is 0 Å². The van der Waals surface area contributed by atoms with Gasteiger partial charge in [-0.1, -0.05) is 0 Å². The van der Waals surface area contributed by atoms with Crippen LogP contribution in [0.2, 0.25) is 0 Å². The minimum absolute atomic E-state index is 0.0248. The molecule has 5 nitrogen and oxygen atoms in total. The molecule has 1 saturated carbocycles. The van der Waals surface area contributed by atoms with Gasteiger partial charge >= 0.3 is 0 Å². The molecule has 15 heavy (non-hydrogen) atoms.